The molecule has 0 bridgehead atoms. The molecule has 0 heterocycles. The molecule has 0 aliphatic heterocycles. The van der Waals surface area contributed by atoms with Crippen molar-refractivity contribution >= 4 is 18.2 Å². The van der Waals surface area contributed by atoms with Crippen molar-refractivity contribution in [1.29, 1.82) is 0 Å². The van der Waals surface area contributed by atoms with E-state index in [1.165, 1.54) is 4.90 Å². The average molecular weight is 239 g/mol. The molecule has 0 aliphatic carbocycles. The van der Waals surface area contributed by atoms with Gasteiger partial charge < -0.3 is 10.1 Å². The summed E-state index contributed by atoms with van der Waals surface area (Å²) in [6, 6.07) is 8.12. The van der Waals surface area contributed by atoms with Gasteiger partial charge in [0.25, 0.3) is 0 Å². The van der Waals surface area contributed by atoms with Crippen molar-refractivity contribution in [2.45, 2.75) is 17.9 Å². The standard InChI is InChI=1S/C12H17NO2S/c1-3-16-11-6-4-10(5-7-11)12(8-15-2)13-9-14/h4-7,9,12H,3,8H2,1-2H3,(H,13,14)/t12-/m0/s1. The summed E-state index contributed by atoms with van der Waals surface area (Å²) in [4.78, 5) is 11.7. The Labute approximate surface area is 101 Å². The second-order valence-corrected chi connectivity index (χ2v) is 4.63. The predicted octanol–water partition coefficient (Wildman–Crippen LogP) is 2.23. The number of carbonyl (C=O) groups is 1. The van der Waals surface area contributed by atoms with Crippen LogP contribution in [0.1, 0.15) is 18.5 Å². The number of ether oxygens (including phenoxy) is 1. The molecule has 0 spiro atoms. The minimum Gasteiger partial charge on any atom is -0.382 e. The zero-order chi connectivity index (χ0) is 11.8. The summed E-state index contributed by atoms with van der Waals surface area (Å²) in [5.41, 5.74) is 1.06. The van der Waals surface area contributed by atoms with Gasteiger partial charge in [0.05, 0.1) is 12.6 Å². The maximum atomic E-state index is 10.5. The smallest absolute Gasteiger partial charge is 0.207 e. The van der Waals surface area contributed by atoms with Crippen molar-refractivity contribution in [3.05, 3.63) is 29.8 Å². The summed E-state index contributed by atoms with van der Waals surface area (Å²) < 4.78 is 5.06. The Morgan fingerprint density at radius 2 is 2.12 bits per heavy atom. The van der Waals surface area contributed by atoms with Crippen LogP contribution in [0, 0.1) is 0 Å². The van der Waals surface area contributed by atoms with Crippen molar-refractivity contribution in [1.82, 2.24) is 5.32 Å². The fraction of sp³-hybridized carbons (Fsp3) is 0.417. The first-order chi connectivity index (χ1) is 7.81. The van der Waals surface area contributed by atoms with E-state index in [0.29, 0.717) is 13.0 Å². The number of thioether (sulfide) groups is 1. The molecule has 0 radical (unpaired) electrons. The number of hydrogen-bond acceptors (Lipinski definition) is 3. The van der Waals surface area contributed by atoms with Gasteiger partial charge in [-0.1, -0.05) is 19.1 Å². The number of hydrogen-bond donors (Lipinski definition) is 1. The van der Waals surface area contributed by atoms with E-state index >= 15 is 0 Å². The van der Waals surface area contributed by atoms with Gasteiger partial charge in [0, 0.05) is 12.0 Å². The van der Waals surface area contributed by atoms with Crippen LogP contribution in [0.15, 0.2) is 29.2 Å². The maximum Gasteiger partial charge on any atom is 0.207 e. The Morgan fingerprint density at radius 1 is 1.44 bits per heavy atom. The van der Waals surface area contributed by atoms with Crippen molar-refractivity contribution in [3.8, 4) is 0 Å². The second-order valence-electron chi connectivity index (χ2n) is 3.29. The zero-order valence-corrected chi connectivity index (χ0v) is 10.4. The molecule has 0 aromatic heterocycles. The number of benzene rings is 1. The Bertz CT molecular complexity index is 313. The van der Waals surface area contributed by atoms with Crippen LogP contribution in [0.25, 0.3) is 0 Å². The Morgan fingerprint density at radius 3 is 2.62 bits per heavy atom. The van der Waals surface area contributed by atoms with E-state index in [9.17, 15) is 4.79 Å². The molecule has 1 amide bonds. The molecular formula is C12H17NO2S. The van der Waals surface area contributed by atoms with Crippen LogP contribution >= 0.6 is 11.8 Å². The van der Waals surface area contributed by atoms with Crippen molar-refractivity contribution in [2.75, 3.05) is 19.5 Å². The molecule has 0 unspecified atom stereocenters. The largest absolute Gasteiger partial charge is 0.382 e. The molecule has 0 saturated carbocycles. The third-order valence-corrected chi connectivity index (χ3v) is 3.09. The van der Waals surface area contributed by atoms with Crippen LogP contribution in [0.5, 0.6) is 0 Å². The van der Waals surface area contributed by atoms with Crippen molar-refractivity contribution in [2.24, 2.45) is 0 Å². The van der Waals surface area contributed by atoms with Gasteiger partial charge in [-0.15, -0.1) is 11.8 Å². The van der Waals surface area contributed by atoms with Gasteiger partial charge >= 0.3 is 0 Å². The van der Waals surface area contributed by atoms with E-state index in [0.717, 1.165) is 11.3 Å². The lowest BCUT2D eigenvalue weighted by molar-refractivity contribution is -0.110. The molecule has 16 heavy (non-hydrogen) atoms. The first-order valence-electron chi connectivity index (χ1n) is 5.23. The molecule has 1 aromatic carbocycles. The summed E-state index contributed by atoms with van der Waals surface area (Å²) in [5, 5.41) is 2.74. The first kappa shape index (κ1) is 13.1. The maximum absolute atomic E-state index is 10.5. The molecular weight excluding hydrogens is 222 g/mol. The lowest BCUT2D eigenvalue weighted by Crippen LogP contribution is -2.23. The predicted molar refractivity (Wildman–Crippen MR) is 66.7 cm³/mol. The quantitative estimate of drug-likeness (QED) is 0.586. The Balaban J connectivity index is 2.72. The van der Waals surface area contributed by atoms with Crippen LogP contribution in [0.4, 0.5) is 0 Å². The summed E-state index contributed by atoms with van der Waals surface area (Å²) in [6.45, 7) is 2.61. The molecule has 1 N–H and O–H groups in total. The Hall–Kier alpha value is -1.00. The fourth-order valence-electron chi connectivity index (χ4n) is 1.45. The van der Waals surface area contributed by atoms with Crippen molar-refractivity contribution in [3.63, 3.8) is 0 Å². The van der Waals surface area contributed by atoms with Gasteiger partial charge in [0.2, 0.25) is 6.41 Å². The molecule has 88 valence electrons. The number of methoxy groups -OCH3 is 1. The minimum atomic E-state index is -0.0665. The number of amides is 1. The van der Waals surface area contributed by atoms with Crippen molar-refractivity contribution < 1.29 is 9.53 Å². The van der Waals surface area contributed by atoms with E-state index < -0.39 is 0 Å². The third-order valence-electron chi connectivity index (χ3n) is 2.20. The van der Waals surface area contributed by atoms with Crippen LogP contribution < -0.4 is 5.32 Å². The molecule has 0 saturated heterocycles. The summed E-state index contributed by atoms with van der Waals surface area (Å²) in [7, 11) is 1.63. The molecule has 1 atom stereocenters. The lowest BCUT2D eigenvalue weighted by Gasteiger charge is -2.15. The molecule has 4 heteroatoms. The lowest BCUT2D eigenvalue weighted by atomic mass is 10.1. The van der Waals surface area contributed by atoms with Gasteiger partial charge in [-0.05, 0) is 23.4 Å². The Kier molecular flexibility index (Phi) is 5.96. The molecule has 0 fully saturated rings. The highest BCUT2D eigenvalue weighted by atomic mass is 32.2. The highest BCUT2D eigenvalue weighted by Crippen LogP contribution is 2.20. The van der Waals surface area contributed by atoms with E-state index in [-0.39, 0.29) is 6.04 Å². The summed E-state index contributed by atoms with van der Waals surface area (Å²) >= 11 is 1.80. The number of carbonyl (C=O) groups excluding carboxylic acids is 1. The highest BCUT2D eigenvalue weighted by Gasteiger charge is 2.09. The van der Waals surface area contributed by atoms with Gasteiger partial charge in [-0.3, -0.25) is 4.79 Å². The van der Waals surface area contributed by atoms with E-state index in [4.69, 9.17) is 4.74 Å². The molecule has 0 aliphatic rings. The van der Waals surface area contributed by atoms with Gasteiger partial charge in [-0.2, -0.15) is 0 Å². The van der Waals surface area contributed by atoms with E-state index in [1.807, 2.05) is 12.1 Å². The number of rotatable bonds is 7. The molecule has 3 nitrogen and oxygen atoms in total. The van der Waals surface area contributed by atoms with Gasteiger partial charge in [0.1, 0.15) is 0 Å². The summed E-state index contributed by atoms with van der Waals surface area (Å²) in [5.74, 6) is 1.06. The van der Waals surface area contributed by atoms with Crippen LogP contribution in [0.3, 0.4) is 0 Å². The molecule has 1 aromatic rings. The zero-order valence-electron chi connectivity index (χ0n) is 9.60. The fourth-order valence-corrected chi connectivity index (χ4v) is 2.11. The first-order valence-corrected chi connectivity index (χ1v) is 6.21. The van der Waals surface area contributed by atoms with Gasteiger partial charge in [0.15, 0.2) is 0 Å². The van der Waals surface area contributed by atoms with Crippen LogP contribution in [-0.2, 0) is 9.53 Å². The number of nitrogens with one attached hydrogen (secondary N) is 1. The van der Waals surface area contributed by atoms with Gasteiger partial charge in [-0.25, -0.2) is 0 Å². The topological polar surface area (TPSA) is 38.3 Å². The third kappa shape index (κ3) is 3.87. The molecule has 1 rings (SSSR count). The van der Waals surface area contributed by atoms with E-state index in [1.54, 1.807) is 18.9 Å². The van der Waals surface area contributed by atoms with E-state index in [2.05, 4.69) is 24.4 Å². The van der Waals surface area contributed by atoms with Crippen LogP contribution in [-0.4, -0.2) is 25.9 Å². The second kappa shape index (κ2) is 7.30. The SMILES string of the molecule is CCSc1ccc([C@H](COC)NC=O)cc1. The minimum absolute atomic E-state index is 0.0665. The highest BCUT2D eigenvalue weighted by molar-refractivity contribution is 7.99. The monoisotopic (exact) mass is 239 g/mol. The summed E-state index contributed by atoms with van der Waals surface area (Å²) in [6.07, 6.45) is 0.707. The average Bonchev–Trinajstić information content (AvgIpc) is 2.30. The normalized spacial score (nSPS) is 12.1. The van der Waals surface area contributed by atoms with Crippen LogP contribution in [0.2, 0.25) is 0 Å².